The molecule has 7 heteroatoms. The van der Waals surface area contributed by atoms with Crippen LogP contribution in [0.5, 0.6) is 0 Å². The van der Waals surface area contributed by atoms with Crippen molar-refractivity contribution < 1.29 is 4.52 Å². The van der Waals surface area contributed by atoms with E-state index < -0.39 is 0 Å². The summed E-state index contributed by atoms with van der Waals surface area (Å²) in [5.41, 5.74) is 5.26. The van der Waals surface area contributed by atoms with E-state index in [-0.39, 0.29) is 11.9 Å². The van der Waals surface area contributed by atoms with E-state index in [1.54, 1.807) is 20.0 Å². The summed E-state index contributed by atoms with van der Waals surface area (Å²) >= 11 is 0. The minimum Gasteiger partial charge on any atom is -0.370 e. The van der Waals surface area contributed by atoms with E-state index in [9.17, 15) is 0 Å². The third kappa shape index (κ3) is 2.25. The molecule has 0 aromatic carbocycles. The molecule has 0 spiro atoms. The standard InChI is InChI=1S/C8H14N6O/c1-5-4-6(12-15-5)13(2)8(11)14(3)7(9)10/h4,11H,1-3H3,(H3,9,10). The summed E-state index contributed by atoms with van der Waals surface area (Å²) in [7, 11) is 3.19. The van der Waals surface area contributed by atoms with Crippen molar-refractivity contribution in [1.29, 1.82) is 10.8 Å². The molecular formula is C8H14N6O. The molecule has 0 fully saturated rings. The number of rotatable bonds is 1. The zero-order valence-electron chi connectivity index (χ0n) is 8.90. The molecule has 7 nitrogen and oxygen atoms in total. The van der Waals surface area contributed by atoms with Crippen LogP contribution in [0.3, 0.4) is 0 Å². The molecular weight excluding hydrogens is 196 g/mol. The maximum atomic E-state index is 7.73. The quantitative estimate of drug-likeness (QED) is 0.453. The summed E-state index contributed by atoms with van der Waals surface area (Å²) in [6.07, 6.45) is 0. The average molecular weight is 210 g/mol. The highest BCUT2D eigenvalue weighted by atomic mass is 16.5. The van der Waals surface area contributed by atoms with E-state index in [1.807, 2.05) is 0 Å². The van der Waals surface area contributed by atoms with Crippen molar-refractivity contribution >= 4 is 17.7 Å². The van der Waals surface area contributed by atoms with Crippen molar-refractivity contribution in [3.8, 4) is 0 Å². The predicted molar refractivity (Wildman–Crippen MR) is 57.0 cm³/mol. The topological polar surface area (TPSA) is 106 Å². The minimum atomic E-state index is -0.202. The minimum absolute atomic E-state index is 0.0517. The normalized spacial score (nSPS) is 9.80. The Hall–Kier alpha value is -2.05. The number of aryl methyl sites for hydroxylation is 1. The Morgan fingerprint density at radius 1 is 1.47 bits per heavy atom. The Kier molecular flexibility index (Phi) is 2.93. The van der Waals surface area contributed by atoms with Gasteiger partial charge in [0, 0.05) is 20.2 Å². The molecule has 0 saturated carbocycles. The molecule has 0 bridgehead atoms. The van der Waals surface area contributed by atoms with Gasteiger partial charge in [-0.1, -0.05) is 5.16 Å². The molecule has 1 aromatic heterocycles. The molecule has 82 valence electrons. The van der Waals surface area contributed by atoms with Gasteiger partial charge in [0.2, 0.25) is 5.96 Å². The predicted octanol–water partition coefficient (Wildman–Crippen LogP) is 0.179. The van der Waals surface area contributed by atoms with Crippen molar-refractivity contribution in [1.82, 2.24) is 10.1 Å². The zero-order chi connectivity index (χ0) is 11.6. The van der Waals surface area contributed by atoms with Gasteiger partial charge in [0.1, 0.15) is 5.76 Å². The van der Waals surface area contributed by atoms with Crippen LogP contribution in [0.25, 0.3) is 0 Å². The number of nitrogens with one attached hydrogen (secondary N) is 2. The van der Waals surface area contributed by atoms with Crippen LogP contribution in [0.4, 0.5) is 5.82 Å². The van der Waals surface area contributed by atoms with Gasteiger partial charge in [-0.05, 0) is 6.92 Å². The number of nitrogens with zero attached hydrogens (tertiary/aromatic N) is 3. The first kappa shape index (κ1) is 11.0. The Bertz CT molecular complexity index is 384. The van der Waals surface area contributed by atoms with Crippen molar-refractivity contribution in [2.45, 2.75) is 6.92 Å². The summed E-state index contributed by atoms with van der Waals surface area (Å²) < 4.78 is 4.88. The van der Waals surface area contributed by atoms with E-state index in [4.69, 9.17) is 21.1 Å². The van der Waals surface area contributed by atoms with Gasteiger partial charge < -0.3 is 10.3 Å². The van der Waals surface area contributed by atoms with E-state index in [0.29, 0.717) is 11.6 Å². The van der Waals surface area contributed by atoms with E-state index in [0.717, 1.165) is 0 Å². The van der Waals surface area contributed by atoms with Gasteiger partial charge in [-0.15, -0.1) is 0 Å². The summed E-state index contributed by atoms with van der Waals surface area (Å²) in [5.74, 6) is 1.02. The van der Waals surface area contributed by atoms with Crippen molar-refractivity contribution in [3.05, 3.63) is 11.8 Å². The second-order valence-corrected chi connectivity index (χ2v) is 3.12. The van der Waals surface area contributed by atoms with Gasteiger partial charge >= 0.3 is 0 Å². The van der Waals surface area contributed by atoms with Crippen LogP contribution in [-0.4, -0.2) is 36.1 Å². The van der Waals surface area contributed by atoms with Crippen LogP contribution < -0.4 is 10.6 Å². The maximum Gasteiger partial charge on any atom is 0.205 e. The van der Waals surface area contributed by atoms with Crippen LogP contribution in [0.1, 0.15) is 5.76 Å². The number of aromatic nitrogens is 1. The fraction of sp³-hybridized carbons (Fsp3) is 0.375. The molecule has 0 aliphatic heterocycles. The lowest BCUT2D eigenvalue weighted by molar-refractivity contribution is 0.398. The fourth-order valence-electron chi connectivity index (χ4n) is 0.959. The second-order valence-electron chi connectivity index (χ2n) is 3.12. The van der Waals surface area contributed by atoms with Crippen LogP contribution in [-0.2, 0) is 0 Å². The monoisotopic (exact) mass is 210 g/mol. The van der Waals surface area contributed by atoms with Crippen LogP contribution in [0.2, 0.25) is 0 Å². The molecule has 0 unspecified atom stereocenters. The molecule has 0 radical (unpaired) electrons. The number of hydrogen-bond acceptors (Lipinski definition) is 4. The van der Waals surface area contributed by atoms with Crippen molar-refractivity contribution in [3.63, 3.8) is 0 Å². The lowest BCUT2D eigenvalue weighted by Crippen LogP contribution is -2.45. The van der Waals surface area contributed by atoms with E-state index >= 15 is 0 Å². The van der Waals surface area contributed by atoms with Crippen LogP contribution in [0.15, 0.2) is 10.6 Å². The van der Waals surface area contributed by atoms with E-state index in [2.05, 4.69) is 5.16 Å². The Labute approximate surface area is 87.5 Å². The number of hydrogen-bond donors (Lipinski definition) is 3. The molecule has 0 atom stereocenters. The fourth-order valence-corrected chi connectivity index (χ4v) is 0.959. The first-order valence-electron chi connectivity index (χ1n) is 4.27. The number of nitrogens with two attached hydrogens (primary N) is 1. The smallest absolute Gasteiger partial charge is 0.205 e. The number of anilines is 1. The van der Waals surface area contributed by atoms with E-state index in [1.165, 1.54) is 16.8 Å². The molecule has 0 aliphatic rings. The SMILES string of the molecule is Cc1cc(N(C)C(=N)N(C)C(=N)N)no1. The first-order chi connectivity index (χ1) is 6.93. The highest BCUT2D eigenvalue weighted by Crippen LogP contribution is 2.12. The summed E-state index contributed by atoms with van der Waals surface area (Å²) in [6.45, 7) is 1.77. The summed E-state index contributed by atoms with van der Waals surface area (Å²) in [6, 6.07) is 1.70. The highest BCUT2D eigenvalue weighted by molar-refractivity contribution is 6.02. The molecule has 0 aliphatic carbocycles. The van der Waals surface area contributed by atoms with Gasteiger partial charge in [0.25, 0.3) is 0 Å². The number of guanidine groups is 2. The molecule has 1 heterocycles. The maximum absolute atomic E-state index is 7.73. The van der Waals surface area contributed by atoms with Crippen LogP contribution in [0, 0.1) is 17.7 Å². The lowest BCUT2D eigenvalue weighted by atomic mass is 10.4. The lowest BCUT2D eigenvalue weighted by Gasteiger charge is -2.24. The Balaban J connectivity index is 2.81. The van der Waals surface area contributed by atoms with Gasteiger partial charge in [-0.3, -0.25) is 20.6 Å². The van der Waals surface area contributed by atoms with Gasteiger partial charge in [-0.2, -0.15) is 0 Å². The average Bonchev–Trinajstić information content (AvgIpc) is 2.61. The zero-order valence-corrected chi connectivity index (χ0v) is 8.90. The molecule has 0 amide bonds. The second kappa shape index (κ2) is 3.99. The summed E-state index contributed by atoms with van der Waals surface area (Å²) in [5, 5.41) is 18.7. The summed E-state index contributed by atoms with van der Waals surface area (Å²) in [4.78, 5) is 2.70. The molecule has 1 aromatic rings. The van der Waals surface area contributed by atoms with Gasteiger partial charge in [0.15, 0.2) is 11.8 Å². The third-order valence-electron chi connectivity index (χ3n) is 1.96. The molecule has 4 N–H and O–H groups in total. The van der Waals surface area contributed by atoms with Gasteiger partial charge in [-0.25, -0.2) is 0 Å². The Morgan fingerprint density at radius 2 is 2.07 bits per heavy atom. The Morgan fingerprint density at radius 3 is 2.47 bits per heavy atom. The molecule has 1 rings (SSSR count). The van der Waals surface area contributed by atoms with Crippen LogP contribution >= 0.6 is 0 Å². The molecule has 0 saturated heterocycles. The largest absolute Gasteiger partial charge is 0.370 e. The molecule has 15 heavy (non-hydrogen) atoms. The van der Waals surface area contributed by atoms with Crippen molar-refractivity contribution in [2.75, 3.05) is 19.0 Å². The highest BCUT2D eigenvalue weighted by Gasteiger charge is 2.16. The third-order valence-corrected chi connectivity index (χ3v) is 1.96. The first-order valence-corrected chi connectivity index (χ1v) is 4.27. The van der Waals surface area contributed by atoms with Crippen molar-refractivity contribution in [2.24, 2.45) is 5.73 Å². The van der Waals surface area contributed by atoms with Gasteiger partial charge in [0.05, 0.1) is 0 Å².